The van der Waals surface area contributed by atoms with Gasteiger partial charge in [-0.05, 0) is 25.1 Å². The Balaban J connectivity index is 1.53. The van der Waals surface area contributed by atoms with E-state index in [9.17, 15) is 4.79 Å². The Morgan fingerprint density at radius 1 is 1.21 bits per heavy atom. The predicted molar refractivity (Wildman–Crippen MR) is 93.1 cm³/mol. The van der Waals surface area contributed by atoms with Gasteiger partial charge in [-0.3, -0.25) is 4.79 Å². The predicted octanol–water partition coefficient (Wildman–Crippen LogP) is 1.86. The first kappa shape index (κ1) is 16.9. The van der Waals surface area contributed by atoms with E-state index in [1.807, 2.05) is 24.3 Å². The van der Waals surface area contributed by atoms with Crippen LogP contribution in [0, 0.1) is 0 Å². The summed E-state index contributed by atoms with van der Waals surface area (Å²) >= 11 is 5.83. The minimum absolute atomic E-state index is 0.0161. The number of carbonyl (C=O) groups excluding carboxylic acids is 1. The van der Waals surface area contributed by atoms with Gasteiger partial charge in [0, 0.05) is 58.2 Å². The normalized spacial score (nSPS) is 16.2. The van der Waals surface area contributed by atoms with Gasteiger partial charge in [0.1, 0.15) is 11.5 Å². The van der Waals surface area contributed by atoms with Crippen LogP contribution in [0.1, 0.15) is 22.7 Å². The highest BCUT2D eigenvalue weighted by atomic mass is 35.5. The topological polar surface area (TPSA) is 54.3 Å². The van der Waals surface area contributed by atoms with Gasteiger partial charge < -0.3 is 14.4 Å². The Hall–Kier alpha value is -1.92. The van der Waals surface area contributed by atoms with Crippen molar-refractivity contribution in [1.82, 2.24) is 24.3 Å². The molecule has 3 heterocycles. The van der Waals surface area contributed by atoms with Gasteiger partial charge in [-0.2, -0.15) is 0 Å². The van der Waals surface area contributed by atoms with Crippen molar-refractivity contribution in [3.05, 3.63) is 47.3 Å². The van der Waals surface area contributed by atoms with Gasteiger partial charge in [-0.15, -0.1) is 0 Å². The number of imidazole rings is 1. The SMILES string of the molecule is Cn1ccnc1CCN1CCCN(C(=O)c2ccc(Cl)cn2)CC1. The molecule has 6 nitrogen and oxygen atoms in total. The molecule has 7 heteroatoms. The number of amides is 1. The molecule has 1 aliphatic rings. The van der Waals surface area contributed by atoms with E-state index in [0.29, 0.717) is 10.7 Å². The summed E-state index contributed by atoms with van der Waals surface area (Å²) in [7, 11) is 2.02. The zero-order valence-corrected chi connectivity index (χ0v) is 14.6. The van der Waals surface area contributed by atoms with Crippen molar-refractivity contribution in [1.29, 1.82) is 0 Å². The Bertz CT molecular complexity index is 685. The molecule has 3 rings (SSSR count). The Morgan fingerprint density at radius 3 is 2.79 bits per heavy atom. The lowest BCUT2D eigenvalue weighted by Gasteiger charge is -2.21. The van der Waals surface area contributed by atoms with Gasteiger partial charge in [-0.25, -0.2) is 9.97 Å². The molecule has 24 heavy (non-hydrogen) atoms. The van der Waals surface area contributed by atoms with Crippen LogP contribution >= 0.6 is 11.6 Å². The first-order chi connectivity index (χ1) is 11.6. The van der Waals surface area contributed by atoms with Crippen LogP contribution in [0.3, 0.4) is 0 Å². The van der Waals surface area contributed by atoms with E-state index in [1.54, 1.807) is 12.1 Å². The lowest BCUT2D eigenvalue weighted by Crippen LogP contribution is -2.36. The molecule has 1 fully saturated rings. The van der Waals surface area contributed by atoms with Crippen LogP contribution in [-0.2, 0) is 13.5 Å². The zero-order chi connectivity index (χ0) is 16.9. The highest BCUT2D eigenvalue weighted by Crippen LogP contribution is 2.11. The lowest BCUT2D eigenvalue weighted by molar-refractivity contribution is 0.0755. The van der Waals surface area contributed by atoms with Crippen molar-refractivity contribution >= 4 is 17.5 Å². The van der Waals surface area contributed by atoms with Gasteiger partial charge in [0.2, 0.25) is 0 Å². The molecule has 0 aromatic carbocycles. The van der Waals surface area contributed by atoms with Gasteiger partial charge in [-0.1, -0.05) is 11.6 Å². The third-order valence-corrected chi connectivity index (χ3v) is 4.62. The maximum absolute atomic E-state index is 12.5. The molecule has 1 amide bonds. The molecule has 0 N–H and O–H groups in total. The third kappa shape index (κ3) is 4.13. The summed E-state index contributed by atoms with van der Waals surface area (Å²) in [5.74, 6) is 1.08. The summed E-state index contributed by atoms with van der Waals surface area (Å²) in [5, 5.41) is 0.544. The monoisotopic (exact) mass is 347 g/mol. The minimum atomic E-state index is -0.0161. The summed E-state index contributed by atoms with van der Waals surface area (Å²) in [6.07, 6.45) is 7.22. The van der Waals surface area contributed by atoms with E-state index in [-0.39, 0.29) is 5.91 Å². The number of hydrogen-bond donors (Lipinski definition) is 0. The summed E-state index contributed by atoms with van der Waals surface area (Å²) in [4.78, 5) is 25.3. The third-order valence-electron chi connectivity index (χ3n) is 4.39. The summed E-state index contributed by atoms with van der Waals surface area (Å²) < 4.78 is 2.06. The van der Waals surface area contributed by atoms with Crippen molar-refractivity contribution in [2.45, 2.75) is 12.8 Å². The highest BCUT2D eigenvalue weighted by Gasteiger charge is 2.21. The molecule has 0 atom stereocenters. The zero-order valence-electron chi connectivity index (χ0n) is 13.9. The van der Waals surface area contributed by atoms with Crippen molar-refractivity contribution < 1.29 is 4.79 Å². The van der Waals surface area contributed by atoms with Crippen molar-refractivity contribution in [2.75, 3.05) is 32.7 Å². The fourth-order valence-corrected chi connectivity index (χ4v) is 3.07. The molecule has 1 saturated heterocycles. The first-order valence-electron chi connectivity index (χ1n) is 8.23. The Morgan fingerprint density at radius 2 is 2.08 bits per heavy atom. The summed E-state index contributed by atoms with van der Waals surface area (Å²) in [6, 6.07) is 3.40. The summed E-state index contributed by atoms with van der Waals surface area (Å²) in [6.45, 7) is 4.34. The van der Waals surface area contributed by atoms with Gasteiger partial charge >= 0.3 is 0 Å². The number of nitrogens with zero attached hydrogens (tertiary/aromatic N) is 5. The maximum Gasteiger partial charge on any atom is 0.272 e. The molecule has 0 saturated carbocycles. The van der Waals surface area contributed by atoms with Crippen LogP contribution in [0.15, 0.2) is 30.7 Å². The number of aromatic nitrogens is 3. The number of halogens is 1. The first-order valence-corrected chi connectivity index (χ1v) is 8.60. The van der Waals surface area contributed by atoms with Crippen LogP contribution in [-0.4, -0.2) is 63.0 Å². The number of pyridine rings is 1. The van der Waals surface area contributed by atoms with Gasteiger partial charge in [0.05, 0.1) is 5.02 Å². The van der Waals surface area contributed by atoms with Crippen molar-refractivity contribution in [3.63, 3.8) is 0 Å². The maximum atomic E-state index is 12.5. The molecule has 128 valence electrons. The number of aryl methyl sites for hydroxylation is 1. The van der Waals surface area contributed by atoms with Crippen molar-refractivity contribution in [2.24, 2.45) is 7.05 Å². The van der Waals surface area contributed by atoms with E-state index >= 15 is 0 Å². The summed E-state index contributed by atoms with van der Waals surface area (Å²) in [5.41, 5.74) is 0.459. The molecule has 1 aliphatic heterocycles. The molecule has 0 spiro atoms. The van der Waals surface area contributed by atoms with Crippen LogP contribution in [0.4, 0.5) is 0 Å². The number of hydrogen-bond acceptors (Lipinski definition) is 4. The second kappa shape index (κ2) is 7.77. The molecule has 0 unspecified atom stereocenters. The van der Waals surface area contributed by atoms with E-state index < -0.39 is 0 Å². The second-order valence-corrected chi connectivity index (χ2v) is 6.49. The molecular weight excluding hydrogens is 326 g/mol. The number of rotatable bonds is 4. The van der Waals surface area contributed by atoms with Crippen LogP contribution in [0.2, 0.25) is 5.02 Å². The van der Waals surface area contributed by atoms with Crippen LogP contribution in [0.25, 0.3) is 0 Å². The van der Waals surface area contributed by atoms with E-state index in [0.717, 1.165) is 51.4 Å². The highest BCUT2D eigenvalue weighted by molar-refractivity contribution is 6.30. The second-order valence-electron chi connectivity index (χ2n) is 6.05. The average Bonchev–Trinajstić information content (AvgIpc) is 2.85. The van der Waals surface area contributed by atoms with Crippen molar-refractivity contribution in [3.8, 4) is 0 Å². The largest absolute Gasteiger partial charge is 0.338 e. The number of carbonyl (C=O) groups is 1. The van der Waals surface area contributed by atoms with Crippen LogP contribution < -0.4 is 0 Å². The Labute approximate surface area is 147 Å². The quantitative estimate of drug-likeness (QED) is 0.847. The fourth-order valence-electron chi connectivity index (χ4n) is 2.96. The van der Waals surface area contributed by atoms with Gasteiger partial charge in [0.15, 0.2) is 0 Å². The Kier molecular flexibility index (Phi) is 5.48. The van der Waals surface area contributed by atoms with E-state index in [4.69, 9.17) is 11.6 Å². The van der Waals surface area contributed by atoms with E-state index in [2.05, 4.69) is 19.4 Å². The fraction of sp³-hybridized carbons (Fsp3) is 0.471. The molecule has 2 aromatic heterocycles. The van der Waals surface area contributed by atoms with E-state index in [1.165, 1.54) is 6.20 Å². The smallest absolute Gasteiger partial charge is 0.272 e. The average molecular weight is 348 g/mol. The van der Waals surface area contributed by atoms with Gasteiger partial charge in [0.25, 0.3) is 5.91 Å². The molecule has 0 aliphatic carbocycles. The molecule has 0 radical (unpaired) electrons. The lowest BCUT2D eigenvalue weighted by atomic mass is 10.3. The van der Waals surface area contributed by atoms with Crippen LogP contribution in [0.5, 0.6) is 0 Å². The molecule has 0 bridgehead atoms. The standard InChI is InChI=1S/C17H22ClN5O/c1-21-10-6-19-16(21)5-9-22-7-2-8-23(12-11-22)17(24)15-4-3-14(18)13-20-15/h3-4,6,10,13H,2,5,7-9,11-12H2,1H3. The molecular formula is C17H22ClN5O. The molecule has 2 aromatic rings. The minimum Gasteiger partial charge on any atom is -0.338 e.